The lowest BCUT2D eigenvalue weighted by molar-refractivity contribution is -0.157. The molecule has 0 aromatic heterocycles. The maximum absolute atomic E-state index is 13.8. The topological polar surface area (TPSA) is 341 Å². The smallest absolute Gasteiger partial charge is 0.409 e. The van der Waals surface area contributed by atoms with E-state index in [1.165, 1.54) is 64.5 Å². The van der Waals surface area contributed by atoms with Crippen LogP contribution in [-0.4, -0.2) is 158 Å². The normalized spacial score (nSPS) is 34.2. The van der Waals surface area contributed by atoms with E-state index in [9.17, 15) is 69.6 Å². The molecule has 0 spiro atoms. The molecule has 9 N–H and O–H groups in total. The highest BCUT2D eigenvalue weighted by Crippen LogP contribution is 2.49. The van der Waals surface area contributed by atoms with Crippen LogP contribution in [0.2, 0.25) is 5.02 Å². The first-order valence-electron chi connectivity index (χ1n) is 33.7. The number of ether oxygens (including phenoxy) is 5. The second-order valence-corrected chi connectivity index (χ2v) is 26.6. The van der Waals surface area contributed by atoms with Crippen LogP contribution in [0.1, 0.15) is 168 Å². The Labute approximate surface area is 577 Å². The van der Waals surface area contributed by atoms with Gasteiger partial charge in [-0.25, -0.2) is 9.79 Å². The number of halogens is 1. The number of anilines is 1. The van der Waals surface area contributed by atoms with E-state index in [-0.39, 0.29) is 51.1 Å². The van der Waals surface area contributed by atoms with Crippen LogP contribution in [0.3, 0.4) is 0 Å². The number of ketones is 2. The van der Waals surface area contributed by atoms with Gasteiger partial charge in [0.15, 0.2) is 17.3 Å². The molecule has 2 aromatic rings. The Bertz CT molecular complexity index is 3400. The van der Waals surface area contributed by atoms with Gasteiger partial charge in [0, 0.05) is 78.5 Å². The van der Waals surface area contributed by atoms with Gasteiger partial charge in [0.1, 0.15) is 51.5 Å². The van der Waals surface area contributed by atoms with Crippen LogP contribution in [0.25, 0.3) is 5.57 Å². The Morgan fingerprint density at radius 1 is 0.804 bits per heavy atom. The van der Waals surface area contributed by atoms with E-state index in [0.29, 0.717) is 17.9 Å². The quantitative estimate of drug-likeness (QED) is 0.0782. The van der Waals surface area contributed by atoms with Crippen LogP contribution < -0.4 is 25.5 Å². The summed E-state index contributed by atoms with van der Waals surface area (Å²) in [5, 5.41) is 91.1. The number of alkyl carbamates (subject to hydrolysis) is 1. The van der Waals surface area contributed by atoms with Gasteiger partial charge in [0.25, 0.3) is 5.91 Å². The number of phenolic OH excluding ortho intramolecular Hbond substituents is 2. The monoisotopic (exact) mass is 1380 g/mol. The predicted molar refractivity (Wildman–Crippen MR) is 372 cm³/mol. The largest absolute Gasteiger partial charge is 0.507 e. The number of aliphatic hydroxyl groups is 6. The summed E-state index contributed by atoms with van der Waals surface area (Å²) >= 11 is 6.68. The summed E-state index contributed by atoms with van der Waals surface area (Å²) in [5.41, 5.74) is -1.22. The number of hydrogen-bond donors (Lipinski definition) is 9. The molecule has 0 radical (unpaired) electrons. The summed E-state index contributed by atoms with van der Waals surface area (Å²) < 4.78 is 28.8. The van der Waals surface area contributed by atoms with Crippen LogP contribution >= 0.6 is 11.6 Å². The second kappa shape index (κ2) is 37.0. The molecule has 18 atom stereocenters. The molecule has 5 heterocycles. The fourth-order valence-electron chi connectivity index (χ4n) is 12.2. The van der Waals surface area contributed by atoms with E-state index in [1.54, 1.807) is 80.7 Å². The highest BCUT2D eigenvalue weighted by atomic mass is 35.5. The first kappa shape index (κ1) is 84.6. The zero-order valence-corrected chi connectivity index (χ0v) is 61.5. The predicted octanol–water partition coefficient (Wildman–Crippen LogP) is 9.09. The highest BCUT2D eigenvalue weighted by molar-refractivity contribution is 6.46. The lowest BCUT2D eigenvalue weighted by atomic mass is 9.76. The number of aromatic hydroxyl groups is 2. The van der Waals surface area contributed by atoms with E-state index >= 15 is 0 Å². The summed E-state index contributed by atoms with van der Waals surface area (Å²) in [6.45, 7) is 33.7. The average molecular weight is 1380 g/mol. The van der Waals surface area contributed by atoms with Crippen molar-refractivity contribution in [3.8, 4) is 17.2 Å². The van der Waals surface area contributed by atoms with Crippen LogP contribution in [0, 0.1) is 47.3 Å². The van der Waals surface area contributed by atoms with Gasteiger partial charge in [-0.1, -0.05) is 170 Å². The molecule has 23 heteroatoms. The third-order valence-electron chi connectivity index (χ3n) is 18.4. The maximum atomic E-state index is 13.8. The molecule has 542 valence electrons. The van der Waals surface area contributed by atoms with E-state index in [1.807, 2.05) is 59.8 Å². The molecular weight excluding hydrogens is 1270 g/mol. The minimum Gasteiger partial charge on any atom is -0.507 e. The fraction of sp³-hybridized carbons (Fsp3) is 0.608. The van der Waals surface area contributed by atoms with Gasteiger partial charge in [-0.15, -0.1) is 0 Å². The first-order chi connectivity index (χ1) is 45.4. The molecule has 3 unspecified atom stereocenters. The molecule has 6 aliphatic rings. The summed E-state index contributed by atoms with van der Waals surface area (Å²) in [4.78, 5) is 84.7. The van der Waals surface area contributed by atoms with Gasteiger partial charge in [0.2, 0.25) is 5.91 Å². The van der Waals surface area contributed by atoms with Gasteiger partial charge in [-0.3, -0.25) is 29.3 Å². The number of rotatable bonds is 4. The van der Waals surface area contributed by atoms with Crippen molar-refractivity contribution < 1.29 is 93.3 Å². The van der Waals surface area contributed by atoms with Crippen LogP contribution in [0.5, 0.6) is 17.2 Å². The number of epoxide rings is 1. The van der Waals surface area contributed by atoms with E-state index in [4.69, 9.17) is 35.3 Å². The number of hydrogen-bond acceptors (Lipinski definition) is 19. The minimum atomic E-state index is -1.77. The van der Waals surface area contributed by atoms with Gasteiger partial charge in [-0.2, -0.15) is 0 Å². The van der Waals surface area contributed by atoms with E-state index in [2.05, 4.69) is 24.2 Å². The van der Waals surface area contributed by atoms with Crippen molar-refractivity contribution >= 4 is 58.3 Å². The van der Waals surface area contributed by atoms with Crippen LogP contribution in [-0.2, 0) is 49.3 Å². The molecule has 3 amide bonds. The number of amides is 3. The Balaban J connectivity index is 0.000000463. The lowest BCUT2D eigenvalue weighted by Crippen LogP contribution is -2.63. The number of nitrogens with zero attached hydrogens (tertiary/aromatic N) is 2. The maximum Gasteiger partial charge on any atom is 0.409 e. The van der Waals surface area contributed by atoms with Crippen molar-refractivity contribution in [2.75, 3.05) is 26.2 Å². The van der Waals surface area contributed by atoms with Crippen LogP contribution in [0.4, 0.5) is 10.5 Å². The zero-order valence-electron chi connectivity index (χ0n) is 60.8. The van der Waals surface area contributed by atoms with Crippen LogP contribution in [0.15, 0.2) is 82.4 Å². The van der Waals surface area contributed by atoms with Crippen molar-refractivity contribution in [1.82, 2.24) is 5.32 Å². The van der Waals surface area contributed by atoms with Gasteiger partial charge in [-0.05, 0) is 57.4 Å². The second-order valence-electron chi connectivity index (χ2n) is 26.2. The minimum absolute atomic E-state index is 0.00361. The van der Waals surface area contributed by atoms with E-state index in [0.717, 1.165) is 17.2 Å². The third-order valence-corrected chi connectivity index (χ3v) is 18.8. The molecule has 2 fully saturated rings. The summed E-state index contributed by atoms with van der Waals surface area (Å²) in [6.07, 6.45) is 2.75. The standard InChI is InChI=1S/C35H47NO10.C32H43ClN2O9.C3H8.2C2H6/c1-14-10-9-11-15(2)35(46)36-22-13-23(37)24-25(32(43)21(8)33(44)26(24)34(22)45)29(40)17(4)12-16(3)28(39)19(6)31(42)20(7)30(41)18(5)27(14)38;1-17(2)29(37)43-25-15-26(36)35(6)21-13-20(14-22(40-7)27(21)33)12-18(3)10-9-11-24(41-8)32(39)16-23(42-30(38)34-32)19(4)28-31(25,5)44-28;1-3-2;2*1-2/h9-14,16,18-21,27-28,30-31,33,37-39,41-42,44-45H,1-8H3;9-11,13-14,17,19,23-25,28,39H,12,15-16H2,1-8H3,(H,34,38);3H2,1-2H3;2*1-2H3/b10-9+,15-11-,17-12-,36-22?;11-9+,18-10-;;;/t14-,16?,18+,19+,20+,21?,27-,28-,30+,31+,33?;19-,23+,24-,25+,28+,31-,32+;;;/m01.../s1. The zero-order chi connectivity index (χ0) is 74.2. The first-order valence-corrected chi connectivity index (χ1v) is 34.1. The van der Waals surface area contributed by atoms with Gasteiger partial charge in [0.05, 0.1) is 73.3 Å². The molecule has 2 saturated heterocycles. The number of nitrogens with one attached hydrogen (secondary N) is 1. The number of phenols is 2. The Morgan fingerprint density at radius 2 is 1.36 bits per heavy atom. The number of benzene rings is 2. The molecule has 2 aromatic carbocycles. The van der Waals surface area contributed by atoms with Crippen molar-refractivity contribution in [2.45, 2.75) is 223 Å². The molecule has 22 nitrogen and oxygen atoms in total. The number of carbonyl (C=O) groups is 6. The number of carbonyl (C=O) groups excluding carboxylic acids is 6. The summed E-state index contributed by atoms with van der Waals surface area (Å²) in [6, 6.07) is 4.57. The SMILES string of the molecule is C/C1=C/C=C/[C@H](C)[C@H](O)[C@@H](C)[C@@H](O)[C@@H](C)[C@H](O)[C@H](C)[C@@H](O)C(C)/C=C(/C)C(=O)C2=c3c(O)cc(c(O)c3C(O)C(C)C2=O)=NC1=O.CC.CC.CCC.COc1cc2cc(c1Cl)N(C)C(=O)C[C@H](OC(=O)C(C)C)[C@@]1(C)O[C@H]1[C@H](C)[C@@H]1C[C@@](O)(NC(=O)O1)[C@H](OC)/C=C/C=C(/C)C2. The number of Topliss-reactive ketones (excluding diaryl/α,β-unsaturated/α-hetero) is 2. The average Bonchev–Trinajstić information content (AvgIpc) is 1.70. The fourth-order valence-corrected chi connectivity index (χ4v) is 12.5. The lowest BCUT2D eigenvalue weighted by Gasteiger charge is -2.42. The molecular formula is C74H110ClN3O19. The number of fused-ring (bicyclic) bond motifs is 20. The van der Waals surface area contributed by atoms with Crippen molar-refractivity contribution in [3.05, 3.63) is 104 Å². The molecule has 5 aliphatic heterocycles. The summed E-state index contributed by atoms with van der Waals surface area (Å²) in [5.74, 6) is -9.59. The van der Waals surface area contributed by atoms with Crippen molar-refractivity contribution in [1.29, 1.82) is 0 Å². The van der Waals surface area contributed by atoms with Crippen molar-refractivity contribution in [3.63, 3.8) is 0 Å². The third kappa shape index (κ3) is 20.1. The Hall–Kier alpha value is -6.60. The number of allylic oxidation sites excluding steroid dienone is 6. The number of esters is 1. The van der Waals surface area contributed by atoms with E-state index < -0.39 is 160 Å². The molecule has 1 aliphatic carbocycles. The molecule has 8 rings (SSSR count). The van der Waals surface area contributed by atoms with Crippen molar-refractivity contribution in [2.24, 2.45) is 52.3 Å². The molecule has 8 bridgehead atoms. The molecule has 0 saturated carbocycles. The highest BCUT2D eigenvalue weighted by Gasteiger charge is 2.64. The molecule has 97 heavy (non-hydrogen) atoms. The van der Waals surface area contributed by atoms with Gasteiger partial charge < -0.3 is 69.4 Å². The summed E-state index contributed by atoms with van der Waals surface area (Å²) in [7, 11) is 4.56. The Morgan fingerprint density at radius 3 is 1.92 bits per heavy atom. The Kier molecular flexibility index (Phi) is 32.3. The van der Waals surface area contributed by atoms with Gasteiger partial charge >= 0.3 is 12.1 Å². The number of aliphatic hydroxyl groups excluding tert-OH is 5. The number of methoxy groups -OCH3 is 2.